The monoisotopic (exact) mass is 331 g/mol. The van der Waals surface area contributed by atoms with Crippen LogP contribution >= 0.6 is 0 Å². The number of carbonyl (C=O) groups excluding carboxylic acids is 1. The second-order valence-corrected chi connectivity index (χ2v) is 13.3. The zero-order valence-corrected chi connectivity index (χ0v) is 16.0. The number of hydrogen-bond acceptors (Lipinski definition) is 2. The van der Waals surface area contributed by atoms with Crippen LogP contribution in [0.15, 0.2) is 30.3 Å². The van der Waals surface area contributed by atoms with E-state index >= 15 is 0 Å². The average Bonchev–Trinajstić information content (AvgIpc) is 2.65. The summed E-state index contributed by atoms with van der Waals surface area (Å²) < 4.78 is 6.76. The second kappa shape index (κ2) is 5.74. The average molecular weight is 332 g/mol. The fourth-order valence-corrected chi connectivity index (χ4v) is 4.64. The smallest absolute Gasteiger partial charge is 0.228 e. The number of fused-ring (bicyclic) bond motifs is 1. The lowest BCUT2D eigenvalue weighted by molar-refractivity contribution is -0.137. The first-order valence-electron chi connectivity index (χ1n) is 8.74. The quantitative estimate of drug-likeness (QED) is 0.767. The molecule has 126 valence electrons. The zero-order chi connectivity index (χ0) is 16.8. The summed E-state index contributed by atoms with van der Waals surface area (Å²) in [4.78, 5) is 14.8. The van der Waals surface area contributed by atoms with Crippen LogP contribution in [0.1, 0.15) is 45.3 Å². The fourth-order valence-electron chi connectivity index (χ4n) is 3.36. The third-order valence-electron chi connectivity index (χ3n) is 5.99. The van der Waals surface area contributed by atoms with E-state index < -0.39 is 8.32 Å². The molecule has 0 radical (unpaired) electrons. The summed E-state index contributed by atoms with van der Waals surface area (Å²) in [5, 5.41) is 0.140. The largest absolute Gasteiger partial charge is 0.409 e. The minimum absolute atomic E-state index is 0.0148. The first kappa shape index (κ1) is 16.7. The molecule has 0 unspecified atom stereocenters. The lowest BCUT2D eigenvalue weighted by Gasteiger charge is -2.40. The summed E-state index contributed by atoms with van der Waals surface area (Å²) in [6.45, 7) is 12.2. The lowest BCUT2D eigenvalue weighted by atomic mass is 9.92. The highest BCUT2D eigenvalue weighted by Crippen LogP contribution is 2.46. The number of carbonyl (C=O) groups is 1. The van der Waals surface area contributed by atoms with E-state index in [4.69, 9.17) is 4.43 Å². The summed E-state index contributed by atoms with van der Waals surface area (Å²) in [7, 11) is -1.94. The van der Waals surface area contributed by atoms with Crippen LogP contribution in [0, 0.1) is 5.92 Å². The van der Waals surface area contributed by atoms with E-state index in [2.05, 4.69) is 50.9 Å². The minimum Gasteiger partial charge on any atom is -0.409 e. The molecule has 2 aliphatic heterocycles. The molecule has 1 aromatic carbocycles. The molecule has 23 heavy (non-hydrogen) atoms. The van der Waals surface area contributed by atoms with Crippen LogP contribution < -0.4 is 0 Å². The fraction of sp³-hybridized carbons (Fsp3) is 0.632. The van der Waals surface area contributed by atoms with Gasteiger partial charge in [0.15, 0.2) is 8.32 Å². The highest BCUT2D eigenvalue weighted by atomic mass is 28.4. The van der Waals surface area contributed by atoms with Gasteiger partial charge in [-0.25, -0.2) is 0 Å². The Kier molecular flexibility index (Phi) is 4.17. The van der Waals surface area contributed by atoms with Gasteiger partial charge in [-0.3, -0.25) is 4.79 Å². The van der Waals surface area contributed by atoms with E-state index in [1.807, 2.05) is 18.2 Å². The molecule has 0 aliphatic carbocycles. The Morgan fingerprint density at radius 3 is 2.30 bits per heavy atom. The molecule has 2 fully saturated rings. The molecular weight excluding hydrogens is 302 g/mol. The Labute approximate surface area is 141 Å². The Balaban J connectivity index is 1.90. The third kappa shape index (κ3) is 2.99. The second-order valence-electron chi connectivity index (χ2n) is 8.53. The summed E-state index contributed by atoms with van der Waals surface area (Å²) >= 11 is 0. The number of hydrogen-bond donors (Lipinski definition) is 0. The Morgan fingerprint density at radius 2 is 1.87 bits per heavy atom. The van der Waals surface area contributed by atoms with Gasteiger partial charge in [0.2, 0.25) is 5.91 Å². The van der Waals surface area contributed by atoms with Crippen LogP contribution in [0.2, 0.25) is 18.1 Å². The SMILES string of the molecule is CC(C)(C)[Si](C)(C)O[C@@H](c1ccccc1)[C@@H]1C[C@@H]2CCN2C1=O. The maximum atomic E-state index is 12.8. The highest BCUT2D eigenvalue weighted by molar-refractivity contribution is 6.74. The molecule has 0 bridgehead atoms. The van der Waals surface area contributed by atoms with Crippen LogP contribution in [0.25, 0.3) is 0 Å². The maximum absolute atomic E-state index is 12.8. The van der Waals surface area contributed by atoms with Crippen molar-refractivity contribution in [2.75, 3.05) is 6.54 Å². The van der Waals surface area contributed by atoms with Crippen molar-refractivity contribution in [1.82, 2.24) is 4.90 Å². The van der Waals surface area contributed by atoms with Crippen molar-refractivity contribution in [1.29, 1.82) is 0 Å². The van der Waals surface area contributed by atoms with E-state index in [1.54, 1.807) is 0 Å². The molecule has 0 spiro atoms. The van der Waals surface area contributed by atoms with Crippen molar-refractivity contribution >= 4 is 14.2 Å². The van der Waals surface area contributed by atoms with Crippen LogP contribution in [0.4, 0.5) is 0 Å². The van der Waals surface area contributed by atoms with Gasteiger partial charge in [-0.2, -0.15) is 0 Å². The minimum atomic E-state index is -1.94. The van der Waals surface area contributed by atoms with Crippen molar-refractivity contribution in [3.8, 4) is 0 Å². The molecule has 0 saturated carbocycles. The van der Waals surface area contributed by atoms with Crippen molar-refractivity contribution in [3.63, 3.8) is 0 Å². The maximum Gasteiger partial charge on any atom is 0.228 e. The van der Waals surface area contributed by atoms with Gasteiger partial charge < -0.3 is 9.33 Å². The van der Waals surface area contributed by atoms with Gasteiger partial charge in [0.1, 0.15) is 0 Å². The first-order valence-corrected chi connectivity index (χ1v) is 11.6. The van der Waals surface area contributed by atoms with E-state index in [1.165, 1.54) is 0 Å². The molecule has 3 rings (SSSR count). The number of rotatable bonds is 4. The predicted octanol–water partition coefficient (Wildman–Crippen LogP) is 4.37. The molecule has 3 atom stereocenters. The van der Waals surface area contributed by atoms with E-state index in [9.17, 15) is 4.79 Å². The highest BCUT2D eigenvalue weighted by Gasteiger charge is 2.50. The number of amides is 1. The summed E-state index contributed by atoms with van der Waals surface area (Å²) in [5.74, 6) is 0.285. The third-order valence-corrected chi connectivity index (χ3v) is 10.4. The van der Waals surface area contributed by atoms with Crippen LogP contribution in [-0.4, -0.2) is 31.7 Å². The predicted molar refractivity (Wildman–Crippen MR) is 95.7 cm³/mol. The summed E-state index contributed by atoms with van der Waals surface area (Å²) in [6, 6.07) is 10.8. The Morgan fingerprint density at radius 1 is 1.22 bits per heavy atom. The van der Waals surface area contributed by atoms with Crippen molar-refractivity contribution in [2.45, 2.75) is 63.9 Å². The van der Waals surface area contributed by atoms with Gasteiger partial charge in [-0.15, -0.1) is 0 Å². The van der Waals surface area contributed by atoms with Gasteiger partial charge in [-0.05, 0) is 36.5 Å². The van der Waals surface area contributed by atoms with E-state index in [0.717, 1.165) is 24.9 Å². The molecule has 4 heteroatoms. The lowest BCUT2D eigenvalue weighted by Crippen LogP contribution is -2.46. The van der Waals surface area contributed by atoms with Gasteiger partial charge in [0, 0.05) is 12.6 Å². The van der Waals surface area contributed by atoms with Crippen LogP contribution in [0.3, 0.4) is 0 Å². The molecule has 2 aliphatic rings. The van der Waals surface area contributed by atoms with Crippen LogP contribution in [-0.2, 0) is 9.22 Å². The molecule has 0 aromatic heterocycles. The number of benzene rings is 1. The molecular formula is C19H29NO2Si. The molecule has 1 amide bonds. The van der Waals surface area contributed by atoms with Crippen molar-refractivity contribution < 1.29 is 9.22 Å². The first-order chi connectivity index (χ1) is 10.7. The van der Waals surface area contributed by atoms with Gasteiger partial charge in [-0.1, -0.05) is 51.1 Å². The topological polar surface area (TPSA) is 29.5 Å². The summed E-state index contributed by atoms with van der Waals surface area (Å²) in [5.41, 5.74) is 1.15. The molecule has 2 heterocycles. The molecule has 3 nitrogen and oxygen atoms in total. The molecule has 2 saturated heterocycles. The van der Waals surface area contributed by atoms with Crippen molar-refractivity contribution in [2.24, 2.45) is 5.92 Å². The molecule has 1 aromatic rings. The van der Waals surface area contributed by atoms with Gasteiger partial charge in [0.25, 0.3) is 0 Å². The van der Waals surface area contributed by atoms with E-state index in [0.29, 0.717) is 11.9 Å². The van der Waals surface area contributed by atoms with Gasteiger partial charge >= 0.3 is 0 Å². The Bertz CT molecular complexity index is 579. The standard InChI is InChI=1S/C19H29NO2Si/c1-19(2,3)23(4,5)22-17(14-9-7-6-8-10-14)16-13-15-11-12-20(15)18(16)21/h6-10,15-17H,11-13H2,1-5H3/t15-,16-,17-/m0/s1. The van der Waals surface area contributed by atoms with E-state index in [-0.39, 0.29) is 17.1 Å². The zero-order valence-electron chi connectivity index (χ0n) is 15.0. The molecule has 0 N–H and O–H groups in total. The Hall–Kier alpha value is -1.13. The van der Waals surface area contributed by atoms with Crippen LogP contribution in [0.5, 0.6) is 0 Å². The summed E-state index contributed by atoms with van der Waals surface area (Å²) in [6.07, 6.45) is 2.01. The van der Waals surface area contributed by atoms with Crippen molar-refractivity contribution in [3.05, 3.63) is 35.9 Å². The van der Waals surface area contributed by atoms with Gasteiger partial charge in [0.05, 0.1) is 12.0 Å². The normalized spacial score (nSPS) is 26.0. The number of nitrogens with zero attached hydrogens (tertiary/aromatic N) is 1.